The lowest BCUT2D eigenvalue weighted by atomic mass is 10.1. The molecule has 1 aromatic rings. The molecule has 1 atom stereocenters. The lowest BCUT2D eigenvalue weighted by Gasteiger charge is -2.26. The number of benzene rings is 1. The summed E-state index contributed by atoms with van der Waals surface area (Å²) in [4.78, 5) is 2.36. The van der Waals surface area contributed by atoms with E-state index in [1.54, 1.807) is 6.92 Å². The summed E-state index contributed by atoms with van der Waals surface area (Å²) in [6.45, 7) is 8.26. The predicted molar refractivity (Wildman–Crippen MR) is 84.1 cm³/mol. The van der Waals surface area contributed by atoms with Crippen LogP contribution in [0.1, 0.15) is 58.1 Å². The molecule has 3 heteroatoms. The molecule has 0 aromatic heterocycles. The summed E-state index contributed by atoms with van der Waals surface area (Å²) in [5.41, 5.74) is 1.97. The highest BCUT2D eigenvalue weighted by molar-refractivity contribution is 6.33. The Balaban J connectivity index is 2.87. The molecule has 108 valence electrons. The van der Waals surface area contributed by atoms with Gasteiger partial charge < -0.3 is 10.0 Å². The number of halogens is 1. The first-order valence-corrected chi connectivity index (χ1v) is 7.70. The van der Waals surface area contributed by atoms with E-state index in [1.165, 1.54) is 25.7 Å². The van der Waals surface area contributed by atoms with Crippen molar-refractivity contribution < 1.29 is 5.11 Å². The van der Waals surface area contributed by atoms with Crippen molar-refractivity contribution in [3.8, 4) is 0 Å². The van der Waals surface area contributed by atoms with Gasteiger partial charge in [-0.2, -0.15) is 0 Å². The first-order valence-electron chi connectivity index (χ1n) is 7.32. The topological polar surface area (TPSA) is 23.5 Å². The van der Waals surface area contributed by atoms with Crippen LogP contribution in [0.2, 0.25) is 5.02 Å². The van der Waals surface area contributed by atoms with E-state index in [0.29, 0.717) is 0 Å². The third-order valence-corrected chi connectivity index (χ3v) is 3.66. The zero-order chi connectivity index (χ0) is 14.3. The lowest BCUT2D eigenvalue weighted by Crippen LogP contribution is -2.25. The molecule has 0 spiro atoms. The Morgan fingerprint density at radius 2 is 1.74 bits per heavy atom. The predicted octanol–water partition coefficient (Wildman–Crippen LogP) is 4.80. The van der Waals surface area contributed by atoms with Crippen molar-refractivity contribution in [1.82, 2.24) is 0 Å². The van der Waals surface area contributed by atoms with Crippen molar-refractivity contribution in [1.29, 1.82) is 0 Å². The summed E-state index contributed by atoms with van der Waals surface area (Å²) in [5, 5.41) is 10.3. The second-order valence-electron chi connectivity index (χ2n) is 5.08. The monoisotopic (exact) mass is 283 g/mol. The van der Waals surface area contributed by atoms with Crippen molar-refractivity contribution in [2.24, 2.45) is 0 Å². The molecule has 1 N–H and O–H groups in total. The number of aliphatic hydroxyl groups is 1. The molecule has 2 nitrogen and oxygen atoms in total. The van der Waals surface area contributed by atoms with Crippen LogP contribution >= 0.6 is 11.6 Å². The third kappa shape index (κ3) is 5.04. The van der Waals surface area contributed by atoms with Crippen molar-refractivity contribution in [3.63, 3.8) is 0 Å². The number of hydrogen-bond donors (Lipinski definition) is 1. The molecule has 19 heavy (non-hydrogen) atoms. The Morgan fingerprint density at radius 1 is 1.16 bits per heavy atom. The van der Waals surface area contributed by atoms with Gasteiger partial charge in [0.1, 0.15) is 0 Å². The van der Waals surface area contributed by atoms with E-state index in [2.05, 4.69) is 18.7 Å². The van der Waals surface area contributed by atoms with Gasteiger partial charge in [0.25, 0.3) is 0 Å². The SMILES string of the molecule is CCCCN(CCCC)c1ccc([C@H](C)O)cc1Cl. The summed E-state index contributed by atoms with van der Waals surface area (Å²) in [6.07, 6.45) is 4.26. The van der Waals surface area contributed by atoms with E-state index >= 15 is 0 Å². The number of nitrogens with zero attached hydrogens (tertiary/aromatic N) is 1. The summed E-state index contributed by atoms with van der Waals surface area (Å²) in [6, 6.07) is 5.89. The lowest BCUT2D eigenvalue weighted by molar-refractivity contribution is 0.199. The first-order chi connectivity index (χ1) is 9.10. The van der Waals surface area contributed by atoms with Gasteiger partial charge in [-0.1, -0.05) is 44.4 Å². The van der Waals surface area contributed by atoms with Crippen LogP contribution in [-0.4, -0.2) is 18.2 Å². The molecular weight excluding hydrogens is 258 g/mol. The zero-order valence-electron chi connectivity index (χ0n) is 12.3. The fourth-order valence-corrected chi connectivity index (χ4v) is 2.40. The van der Waals surface area contributed by atoms with Crippen LogP contribution in [0.4, 0.5) is 5.69 Å². The first kappa shape index (κ1) is 16.3. The third-order valence-electron chi connectivity index (χ3n) is 3.36. The van der Waals surface area contributed by atoms with Gasteiger partial charge >= 0.3 is 0 Å². The van der Waals surface area contributed by atoms with Gasteiger partial charge in [-0.15, -0.1) is 0 Å². The van der Waals surface area contributed by atoms with Gasteiger partial charge in [0, 0.05) is 13.1 Å². The van der Waals surface area contributed by atoms with Gasteiger partial charge in [0.05, 0.1) is 16.8 Å². The molecule has 1 rings (SSSR count). The van der Waals surface area contributed by atoms with Crippen molar-refractivity contribution in [3.05, 3.63) is 28.8 Å². The maximum absolute atomic E-state index is 9.59. The average Bonchev–Trinajstić information content (AvgIpc) is 2.39. The Bertz CT molecular complexity index is 371. The standard InChI is InChI=1S/C16H26ClNO/c1-4-6-10-18(11-7-5-2)16-9-8-14(13(3)19)12-15(16)17/h8-9,12-13,19H,4-7,10-11H2,1-3H3/t13-/m0/s1. The normalized spacial score (nSPS) is 12.5. The van der Waals surface area contributed by atoms with E-state index in [-0.39, 0.29) is 0 Å². The minimum absolute atomic E-state index is 0.466. The molecule has 0 unspecified atom stereocenters. The molecule has 0 saturated carbocycles. The molecule has 0 saturated heterocycles. The van der Waals surface area contributed by atoms with E-state index in [1.807, 2.05) is 18.2 Å². The van der Waals surface area contributed by atoms with Crippen LogP contribution in [-0.2, 0) is 0 Å². The van der Waals surface area contributed by atoms with E-state index in [0.717, 1.165) is 29.4 Å². The van der Waals surface area contributed by atoms with Crippen LogP contribution in [0.25, 0.3) is 0 Å². The van der Waals surface area contributed by atoms with Gasteiger partial charge in [0.2, 0.25) is 0 Å². The molecule has 0 fully saturated rings. The van der Waals surface area contributed by atoms with Gasteiger partial charge in [-0.05, 0) is 37.5 Å². The summed E-state index contributed by atoms with van der Waals surface area (Å²) in [5.74, 6) is 0. The zero-order valence-corrected chi connectivity index (χ0v) is 13.1. The van der Waals surface area contributed by atoms with Crippen LogP contribution in [0.15, 0.2) is 18.2 Å². The molecular formula is C16H26ClNO. The van der Waals surface area contributed by atoms with Crippen LogP contribution < -0.4 is 4.90 Å². The number of hydrogen-bond acceptors (Lipinski definition) is 2. The highest BCUT2D eigenvalue weighted by atomic mass is 35.5. The fraction of sp³-hybridized carbons (Fsp3) is 0.625. The summed E-state index contributed by atoms with van der Waals surface area (Å²) < 4.78 is 0. The molecule has 0 aliphatic rings. The Labute approximate surface area is 122 Å². The number of rotatable bonds is 8. The largest absolute Gasteiger partial charge is 0.389 e. The molecule has 1 aromatic carbocycles. The quantitative estimate of drug-likeness (QED) is 0.741. The van der Waals surface area contributed by atoms with Gasteiger partial charge in [-0.25, -0.2) is 0 Å². The van der Waals surface area contributed by atoms with Gasteiger partial charge in [0.15, 0.2) is 0 Å². The molecule has 0 radical (unpaired) electrons. The van der Waals surface area contributed by atoms with Crippen LogP contribution in [0, 0.1) is 0 Å². The minimum Gasteiger partial charge on any atom is -0.389 e. The Hall–Kier alpha value is -0.730. The summed E-state index contributed by atoms with van der Waals surface area (Å²) >= 11 is 6.37. The number of aliphatic hydroxyl groups excluding tert-OH is 1. The maximum Gasteiger partial charge on any atom is 0.0762 e. The number of anilines is 1. The molecule has 0 heterocycles. The summed E-state index contributed by atoms with van der Waals surface area (Å²) in [7, 11) is 0. The smallest absolute Gasteiger partial charge is 0.0762 e. The fourth-order valence-electron chi connectivity index (χ4n) is 2.09. The van der Waals surface area contributed by atoms with Crippen molar-refractivity contribution in [2.75, 3.05) is 18.0 Å². The van der Waals surface area contributed by atoms with E-state index in [9.17, 15) is 5.11 Å². The molecule has 0 aliphatic carbocycles. The van der Waals surface area contributed by atoms with Crippen LogP contribution in [0.3, 0.4) is 0 Å². The highest BCUT2D eigenvalue weighted by Gasteiger charge is 2.11. The minimum atomic E-state index is -0.466. The average molecular weight is 284 g/mol. The molecule has 0 amide bonds. The second kappa shape index (κ2) is 8.44. The second-order valence-corrected chi connectivity index (χ2v) is 5.49. The van der Waals surface area contributed by atoms with Gasteiger partial charge in [-0.3, -0.25) is 0 Å². The van der Waals surface area contributed by atoms with Crippen molar-refractivity contribution in [2.45, 2.75) is 52.6 Å². The molecule has 0 aliphatic heterocycles. The number of unbranched alkanes of at least 4 members (excludes halogenated alkanes) is 2. The van der Waals surface area contributed by atoms with E-state index < -0.39 is 6.10 Å². The van der Waals surface area contributed by atoms with Crippen LogP contribution in [0.5, 0.6) is 0 Å². The Kier molecular flexibility index (Phi) is 7.25. The van der Waals surface area contributed by atoms with Crippen molar-refractivity contribution >= 4 is 17.3 Å². The molecule has 0 bridgehead atoms. The maximum atomic E-state index is 9.59. The Morgan fingerprint density at radius 3 is 2.16 bits per heavy atom. The van der Waals surface area contributed by atoms with E-state index in [4.69, 9.17) is 11.6 Å². The highest BCUT2D eigenvalue weighted by Crippen LogP contribution is 2.29.